The number of nitrogen functional groups attached to an aromatic ring is 1. The molecule has 3 aromatic carbocycles. The highest BCUT2D eigenvalue weighted by molar-refractivity contribution is 7.89. The predicted octanol–water partition coefficient (Wildman–Crippen LogP) is 4.31. The summed E-state index contributed by atoms with van der Waals surface area (Å²) in [7, 11) is -2.43. The molecule has 8 nitrogen and oxygen atoms in total. The summed E-state index contributed by atoms with van der Waals surface area (Å²) in [5.74, 6) is -1.18. The van der Waals surface area contributed by atoms with Gasteiger partial charge >= 0.3 is 6.18 Å². The number of carbonyl (C=O) groups is 1. The minimum Gasteiger partial charge on any atom is -0.497 e. The first-order valence-electron chi connectivity index (χ1n) is 12.5. The number of hydrogen-bond acceptors (Lipinski definition) is 6. The summed E-state index contributed by atoms with van der Waals surface area (Å²) in [5, 5.41) is 14.3. The van der Waals surface area contributed by atoms with Crippen LogP contribution >= 0.6 is 0 Å². The standard InChI is InChI=1S/C28H30F3N3O5S/c1-39-22-8-5-9-23(17-22)40(37,38)34-14-12-20(13-15-34)27(36,18-19-6-3-2-4-7-19)26(35)33-21-10-11-25(32)24(16-21)28(29,30)31/h2-11,16-17,20,36H,12-15,18,32H2,1H3,(H,33,35). The minimum atomic E-state index is -4.73. The molecule has 1 amide bonds. The van der Waals surface area contributed by atoms with E-state index >= 15 is 0 Å². The van der Waals surface area contributed by atoms with E-state index in [1.165, 1.54) is 29.6 Å². The average Bonchev–Trinajstić information content (AvgIpc) is 2.94. The van der Waals surface area contributed by atoms with Gasteiger partial charge in [0.25, 0.3) is 5.91 Å². The van der Waals surface area contributed by atoms with E-state index in [0.29, 0.717) is 11.3 Å². The van der Waals surface area contributed by atoms with Crippen LogP contribution in [0.5, 0.6) is 5.75 Å². The van der Waals surface area contributed by atoms with E-state index in [9.17, 15) is 31.5 Å². The maximum atomic E-state index is 13.5. The lowest BCUT2D eigenvalue weighted by molar-refractivity contribution is -0.142. The molecule has 0 bridgehead atoms. The second kappa shape index (κ2) is 11.5. The monoisotopic (exact) mass is 577 g/mol. The Hall–Kier alpha value is -3.61. The molecule has 0 aromatic heterocycles. The average molecular weight is 578 g/mol. The van der Waals surface area contributed by atoms with Gasteiger partial charge in [0.2, 0.25) is 10.0 Å². The lowest BCUT2D eigenvalue weighted by atomic mass is 9.76. The fourth-order valence-electron chi connectivity index (χ4n) is 4.92. The highest BCUT2D eigenvalue weighted by Gasteiger charge is 2.46. The number of halogens is 3. The first-order chi connectivity index (χ1) is 18.8. The molecular weight excluding hydrogens is 547 g/mol. The van der Waals surface area contributed by atoms with Crippen LogP contribution in [0.2, 0.25) is 0 Å². The van der Waals surface area contributed by atoms with Gasteiger partial charge in [0.05, 0.1) is 17.6 Å². The van der Waals surface area contributed by atoms with Crippen LogP contribution in [0, 0.1) is 5.92 Å². The number of carbonyl (C=O) groups excluding carboxylic acids is 1. The van der Waals surface area contributed by atoms with Gasteiger partial charge in [-0.05, 0) is 54.7 Å². The molecule has 1 heterocycles. The molecule has 4 rings (SSSR count). The van der Waals surface area contributed by atoms with Crippen molar-refractivity contribution in [3.8, 4) is 5.75 Å². The number of benzene rings is 3. The molecule has 1 aliphatic heterocycles. The molecule has 4 N–H and O–H groups in total. The van der Waals surface area contributed by atoms with Gasteiger partial charge < -0.3 is 20.9 Å². The van der Waals surface area contributed by atoms with Crippen molar-refractivity contribution >= 4 is 27.3 Å². The number of aliphatic hydroxyl groups is 1. The topological polar surface area (TPSA) is 122 Å². The molecule has 12 heteroatoms. The van der Waals surface area contributed by atoms with Crippen molar-refractivity contribution < 1.29 is 36.2 Å². The fraction of sp³-hybridized carbons (Fsp3) is 0.321. The molecule has 214 valence electrons. The second-order valence-electron chi connectivity index (χ2n) is 9.70. The third-order valence-corrected chi connectivity index (χ3v) is 9.03. The zero-order chi connectivity index (χ0) is 29.1. The van der Waals surface area contributed by atoms with Crippen molar-refractivity contribution in [3.63, 3.8) is 0 Å². The Morgan fingerprint density at radius 1 is 1.05 bits per heavy atom. The summed E-state index contributed by atoms with van der Waals surface area (Å²) in [6, 6.07) is 17.8. The number of amides is 1. The molecule has 1 unspecified atom stereocenters. The number of nitrogens with two attached hydrogens (primary N) is 1. The zero-order valence-corrected chi connectivity index (χ0v) is 22.5. The Morgan fingerprint density at radius 2 is 1.73 bits per heavy atom. The van der Waals surface area contributed by atoms with Crippen LogP contribution < -0.4 is 15.8 Å². The number of ether oxygens (including phenoxy) is 1. The molecule has 1 atom stereocenters. The SMILES string of the molecule is COc1cccc(S(=O)(=O)N2CCC(C(O)(Cc3ccccc3)C(=O)Nc3ccc(N)c(C(F)(F)F)c3)CC2)c1. The fourth-order valence-corrected chi connectivity index (χ4v) is 6.43. The summed E-state index contributed by atoms with van der Waals surface area (Å²) in [5.41, 5.74) is 2.31. The number of rotatable bonds is 8. The Labute approximate surface area is 230 Å². The number of anilines is 2. The molecule has 3 aromatic rings. The van der Waals surface area contributed by atoms with Crippen LogP contribution in [-0.2, 0) is 27.4 Å². The van der Waals surface area contributed by atoms with Gasteiger partial charge in [-0.15, -0.1) is 0 Å². The van der Waals surface area contributed by atoms with Gasteiger partial charge in [0.15, 0.2) is 0 Å². The largest absolute Gasteiger partial charge is 0.497 e. The lowest BCUT2D eigenvalue weighted by Crippen LogP contribution is -2.54. The van der Waals surface area contributed by atoms with Crippen molar-refractivity contribution in [2.45, 2.75) is 35.9 Å². The molecule has 0 aliphatic carbocycles. The van der Waals surface area contributed by atoms with Gasteiger partial charge in [-0.2, -0.15) is 17.5 Å². The second-order valence-corrected chi connectivity index (χ2v) is 11.6. The lowest BCUT2D eigenvalue weighted by Gasteiger charge is -2.40. The van der Waals surface area contributed by atoms with Gasteiger partial charge in [0.1, 0.15) is 11.4 Å². The van der Waals surface area contributed by atoms with Crippen molar-refractivity contribution in [2.75, 3.05) is 31.2 Å². The van der Waals surface area contributed by atoms with E-state index in [-0.39, 0.29) is 42.9 Å². The van der Waals surface area contributed by atoms with Gasteiger partial charge in [-0.3, -0.25) is 4.79 Å². The smallest absolute Gasteiger partial charge is 0.418 e. The van der Waals surface area contributed by atoms with Crippen LogP contribution in [0.3, 0.4) is 0 Å². The van der Waals surface area contributed by atoms with Crippen molar-refractivity contribution in [3.05, 3.63) is 83.9 Å². The first-order valence-corrected chi connectivity index (χ1v) is 14.0. The van der Waals surface area contributed by atoms with E-state index in [0.717, 1.165) is 12.1 Å². The van der Waals surface area contributed by atoms with Crippen molar-refractivity contribution in [1.82, 2.24) is 4.31 Å². The molecule has 40 heavy (non-hydrogen) atoms. The Kier molecular flexibility index (Phi) is 8.43. The molecule has 1 fully saturated rings. The molecular formula is C28H30F3N3O5S. The van der Waals surface area contributed by atoms with Crippen LogP contribution in [-0.4, -0.2) is 49.5 Å². The molecule has 1 aliphatic rings. The number of hydrogen-bond donors (Lipinski definition) is 3. The number of methoxy groups -OCH3 is 1. The summed E-state index contributed by atoms with van der Waals surface area (Å²) < 4.78 is 73.0. The Bertz CT molecular complexity index is 1460. The highest BCUT2D eigenvalue weighted by Crippen LogP contribution is 2.37. The summed E-state index contributed by atoms with van der Waals surface area (Å²) in [6.07, 6.45) is -4.55. The summed E-state index contributed by atoms with van der Waals surface area (Å²) in [6.45, 7) is 0.0728. The maximum Gasteiger partial charge on any atom is 0.418 e. The van der Waals surface area contributed by atoms with Crippen LogP contribution in [0.4, 0.5) is 24.5 Å². The van der Waals surface area contributed by atoms with Crippen molar-refractivity contribution in [2.24, 2.45) is 5.92 Å². The highest BCUT2D eigenvalue weighted by atomic mass is 32.2. The molecule has 1 saturated heterocycles. The van der Waals surface area contributed by atoms with Gasteiger partial charge in [-0.1, -0.05) is 36.4 Å². The molecule has 0 saturated carbocycles. The van der Waals surface area contributed by atoms with Crippen LogP contribution in [0.15, 0.2) is 77.7 Å². The van der Waals surface area contributed by atoms with E-state index in [1.54, 1.807) is 42.5 Å². The van der Waals surface area contributed by atoms with Crippen LogP contribution in [0.1, 0.15) is 24.0 Å². The summed E-state index contributed by atoms with van der Waals surface area (Å²) in [4.78, 5) is 13.6. The quantitative estimate of drug-likeness (QED) is 0.343. The normalized spacial score (nSPS) is 16.7. The third kappa shape index (κ3) is 6.24. The number of alkyl halides is 3. The Balaban J connectivity index is 1.58. The van der Waals surface area contributed by atoms with E-state index in [1.807, 2.05) is 0 Å². The van der Waals surface area contributed by atoms with Gasteiger partial charge in [-0.25, -0.2) is 8.42 Å². The maximum absolute atomic E-state index is 13.5. The molecule has 0 spiro atoms. The van der Waals surface area contributed by atoms with E-state index in [4.69, 9.17) is 10.5 Å². The van der Waals surface area contributed by atoms with Gasteiger partial charge in [0, 0.05) is 37.0 Å². The first kappa shape index (κ1) is 29.4. The zero-order valence-electron chi connectivity index (χ0n) is 21.7. The van der Waals surface area contributed by atoms with Crippen LogP contribution in [0.25, 0.3) is 0 Å². The number of piperidine rings is 1. The number of nitrogens with zero attached hydrogens (tertiary/aromatic N) is 1. The molecule has 0 radical (unpaired) electrons. The number of sulfonamides is 1. The van der Waals surface area contributed by atoms with Crippen molar-refractivity contribution in [1.29, 1.82) is 0 Å². The minimum absolute atomic E-state index is 0.0364. The summed E-state index contributed by atoms with van der Waals surface area (Å²) >= 11 is 0. The Morgan fingerprint density at radius 3 is 2.35 bits per heavy atom. The van der Waals surface area contributed by atoms with E-state index in [2.05, 4.69) is 5.32 Å². The number of nitrogens with one attached hydrogen (secondary N) is 1. The predicted molar refractivity (Wildman–Crippen MR) is 144 cm³/mol. The third-order valence-electron chi connectivity index (χ3n) is 7.13. The van der Waals surface area contributed by atoms with E-state index < -0.39 is 44.9 Å².